The molecule has 15 rings (SSSR count). The molecule has 7 aliphatic rings. The molecule has 0 N–H and O–H groups in total. The minimum Gasteiger partial charge on any atom is -0.0537 e. The van der Waals surface area contributed by atoms with Gasteiger partial charge in [-0.1, -0.05) is 146 Å². The van der Waals surface area contributed by atoms with Gasteiger partial charge in [-0.25, -0.2) is 0 Å². The average molecular weight is 721 g/mol. The van der Waals surface area contributed by atoms with Crippen LogP contribution < -0.4 is 0 Å². The second-order valence-electron chi connectivity index (χ2n) is 16.2. The number of hydrogen-bond acceptors (Lipinski definition) is 0. The fraction of sp³-hybridized carbons (Fsp3) is 0.143. The summed E-state index contributed by atoms with van der Waals surface area (Å²) in [7, 11) is 0. The Morgan fingerprint density at radius 3 is 0.339 bits per heavy atom. The maximum Gasteiger partial charge on any atom is -0.0103 e. The van der Waals surface area contributed by atoms with Crippen LogP contribution in [0.4, 0.5) is 0 Å². The van der Waals surface area contributed by atoms with Crippen molar-refractivity contribution in [2.45, 2.75) is 55.4 Å². The lowest BCUT2D eigenvalue weighted by Gasteiger charge is -2.04. The molecule has 0 aliphatic heterocycles. The van der Waals surface area contributed by atoms with Crippen molar-refractivity contribution in [2.24, 2.45) is 0 Å². The topological polar surface area (TPSA) is 0 Å². The van der Waals surface area contributed by atoms with Crippen molar-refractivity contribution in [3.05, 3.63) is 274 Å². The molecule has 0 amide bonds. The van der Waals surface area contributed by atoms with Crippen LogP contribution in [0.25, 0.3) is 0 Å². The smallest absolute Gasteiger partial charge is 0.0103 e. The van der Waals surface area contributed by atoms with E-state index in [9.17, 15) is 0 Å². The molecular formula is C56H48. The van der Waals surface area contributed by atoms with Gasteiger partial charge in [-0.2, -0.15) is 0 Å². The van der Waals surface area contributed by atoms with Crippen LogP contribution >= 0.6 is 0 Å². The van der Waals surface area contributed by atoms with E-state index in [1.165, 1.54) is 128 Å². The first kappa shape index (κ1) is 35.5. The summed E-state index contributed by atoms with van der Waals surface area (Å²) in [5.41, 5.74) is 10.4. The minimum absolute atomic E-state index is 1.23. The van der Waals surface area contributed by atoms with E-state index in [2.05, 4.69) is 201 Å². The molecule has 0 heterocycles. The van der Waals surface area contributed by atoms with Gasteiger partial charge in [0, 0.05) is 0 Å². The van der Waals surface area contributed by atoms with E-state index < -0.39 is 0 Å². The van der Waals surface area contributed by atoms with E-state index in [1.54, 1.807) is 0 Å². The van der Waals surface area contributed by atoms with Crippen molar-refractivity contribution in [1.82, 2.24) is 0 Å². The third-order valence-corrected chi connectivity index (χ3v) is 12.6. The Bertz CT molecular complexity index is 2940. The number of benzene rings is 8. The van der Waals surface area contributed by atoms with Crippen LogP contribution in [0.1, 0.15) is 44.5 Å². The molecule has 0 heteroatoms. The molecule has 8 bridgehead atoms. The highest BCUT2D eigenvalue weighted by Crippen LogP contribution is 2.18. The van der Waals surface area contributed by atoms with Gasteiger partial charge in [0.15, 0.2) is 0 Å². The Morgan fingerprint density at radius 2 is 0.250 bits per heavy atom. The Kier molecular flexibility index (Phi) is 8.74. The third-order valence-electron chi connectivity index (χ3n) is 12.6. The molecule has 0 atom stereocenters. The first-order valence-corrected chi connectivity index (χ1v) is 19.9. The maximum absolute atomic E-state index is 2.37. The SMILES string of the molecule is Cc1cc2c(cc1C)=c1ccc(cc1)=c1cc(C)c(C)cc1=c1ccc(cc1)=c1cc(C)c(C)cc1=c1ccc(cc1)=c1cc(C)c(C)cc1=c1ccc=2cc1. The van der Waals surface area contributed by atoms with Crippen molar-refractivity contribution in [3.63, 3.8) is 0 Å². The number of hydrogen-bond donors (Lipinski definition) is 0. The summed E-state index contributed by atoms with van der Waals surface area (Å²) in [6.45, 7) is 17.8. The standard InChI is InChI=1S/C56H48/c1-33-25-49-41-9-11-43(12-10-41)51-27-35(3)37(5)29-53(51)45-17-19-47(20-18-45)55-31-39(7)40(8)32-56(55)48-23-21-46(22-24-48)54-30-38(6)36(4)28-52(54)44-15-13-42(14-16-44)50(49)26-34(33)2/h9-32H,1-8H3. The molecule has 8 aromatic rings. The highest BCUT2D eigenvalue weighted by Gasteiger charge is 2.03. The van der Waals surface area contributed by atoms with Gasteiger partial charge >= 0.3 is 0 Å². The lowest BCUT2D eigenvalue weighted by molar-refractivity contribution is 1.25. The Labute approximate surface area is 327 Å². The minimum atomic E-state index is 1.23. The maximum atomic E-state index is 2.37. The van der Waals surface area contributed by atoms with Crippen molar-refractivity contribution in [1.29, 1.82) is 0 Å². The molecule has 0 nitrogen and oxygen atoms in total. The lowest BCUT2D eigenvalue weighted by atomic mass is 10.0. The lowest BCUT2D eigenvalue weighted by Crippen LogP contribution is -1.89. The van der Waals surface area contributed by atoms with Gasteiger partial charge in [-0.3, -0.25) is 0 Å². The van der Waals surface area contributed by atoms with Crippen LogP contribution in [-0.2, 0) is 0 Å². The van der Waals surface area contributed by atoms with Crippen LogP contribution in [0.15, 0.2) is 146 Å². The van der Waals surface area contributed by atoms with Crippen molar-refractivity contribution < 1.29 is 0 Å². The van der Waals surface area contributed by atoms with E-state index in [4.69, 9.17) is 0 Å². The zero-order chi connectivity index (χ0) is 38.8. The monoisotopic (exact) mass is 720 g/mol. The van der Waals surface area contributed by atoms with Gasteiger partial charge in [-0.15, -0.1) is 0 Å². The molecule has 0 saturated carbocycles. The summed E-state index contributed by atoms with van der Waals surface area (Å²) in [5.74, 6) is 0. The summed E-state index contributed by atoms with van der Waals surface area (Å²) in [5, 5.41) is 19.9. The Morgan fingerprint density at radius 1 is 0.161 bits per heavy atom. The van der Waals surface area contributed by atoms with Crippen LogP contribution in [0.3, 0.4) is 0 Å². The predicted octanol–water partition coefficient (Wildman–Crippen LogP) is 12.8. The van der Waals surface area contributed by atoms with Crippen LogP contribution in [0, 0.1) is 139 Å². The van der Waals surface area contributed by atoms with Gasteiger partial charge in [0.25, 0.3) is 0 Å². The third kappa shape index (κ3) is 6.20. The number of rotatable bonds is 0. The van der Waals surface area contributed by atoms with Gasteiger partial charge in [0.05, 0.1) is 0 Å². The zero-order valence-corrected chi connectivity index (χ0v) is 33.9. The van der Waals surface area contributed by atoms with Crippen molar-refractivity contribution in [2.75, 3.05) is 0 Å². The highest BCUT2D eigenvalue weighted by atomic mass is 14.1. The molecule has 0 saturated heterocycles. The van der Waals surface area contributed by atoms with E-state index in [1.807, 2.05) is 0 Å². The summed E-state index contributed by atoms with van der Waals surface area (Å²) < 4.78 is 0. The normalized spacial score (nSPS) is 11.6. The Balaban J connectivity index is 1.58. The van der Waals surface area contributed by atoms with Crippen LogP contribution in [-0.4, -0.2) is 0 Å². The van der Waals surface area contributed by atoms with Gasteiger partial charge < -0.3 is 0 Å². The molecule has 7 aliphatic carbocycles. The fourth-order valence-electron chi connectivity index (χ4n) is 8.49. The first-order chi connectivity index (χ1) is 27.0. The zero-order valence-electron chi connectivity index (χ0n) is 33.9. The first-order valence-electron chi connectivity index (χ1n) is 19.9. The summed E-state index contributed by atoms with van der Waals surface area (Å²) in [4.78, 5) is 0. The van der Waals surface area contributed by atoms with Gasteiger partial charge in [0.2, 0.25) is 0 Å². The predicted molar refractivity (Wildman–Crippen MR) is 231 cm³/mol. The molecule has 0 unspecified atom stereocenters. The highest BCUT2D eigenvalue weighted by molar-refractivity contribution is 5.37. The Hall–Kier alpha value is -6.24. The summed E-state index contributed by atoms with van der Waals surface area (Å²) in [6.07, 6.45) is 0. The van der Waals surface area contributed by atoms with E-state index in [0.717, 1.165) is 0 Å². The van der Waals surface area contributed by atoms with Crippen LogP contribution in [0.5, 0.6) is 0 Å². The molecule has 8 aromatic carbocycles. The molecule has 0 aromatic heterocycles. The quantitative estimate of drug-likeness (QED) is 0.146. The molecule has 56 heavy (non-hydrogen) atoms. The van der Waals surface area contributed by atoms with Crippen LogP contribution in [0.2, 0.25) is 0 Å². The second-order valence-corrected chi connectivity index (χ2v) is 16.2. The summed E-state index contributed by atoms with van der Waals surface area (Å²) >= 11 is 0. The molecule has 272 valence electrons. The van der Waals surface area contributed by atoms with E-state index in [-0.39, 0.29) is 0 Å². The molecule has 0 spiro atoms. The molecule has 0 radical (unpaired) electrons. The van der Waals surface area contributed by atoms with Crippen molar-refractivity contribution >= 4 is 0 Å². The second kappa shape index (κ2) is 13.8. The van der Waals surface area contributed by atoms with E-state index >= 15 is 0 Å². The van der Waals surface area contributed by atoms with Crippen molar-refractivity contribution in [3.8, 4) is 0 Å². The number of aryl methyl sites for hydroxylation is 8. The largest absolute Gasteiger partial charge is 0.0537 e. The average Bonchev–Trinajstić information content (AvgIpc) is 3.21. The molecular weight excluding hydrogens is 673 g/mol. The molecule has 0 fully saturated rings. The fourth-order valence-corrected chi connectivity index (χ4v) is 8.49. The van der Waals surface area contributed by atoms with Gasteiger partial charge in [0.1, 0.15) is 0 Å². The van der Waals surface area contributed by atoms with E-state index in [0.29, 0.717) is 0 Å². The summed E-state index contributed by atoms with van der Waals surface area (Å²) in [6, 6.07) is 55.9. The van der Waals surface area contributed by atoms with Gasteiger partial charge in [-0.05, 0) is 183 Å².